The molecule has 2 aromatic rings. The van der Waals surface area contributed by atoms with E-state index >= 15 is 0 Å². The zero-order valence-corrected chi connectivity index (χ0v) is 10.5. The molecule has 2 heterocycles. The van der Waals surface area contributed by atoms with Gasteiger partial charge in [0.15, 0.2) is 0 Å². The topological polar surface area (TPSA) is 61.6 Å². The molecule has 0 saturated heterocycles. The smallest absolute Gasteiger partial charge is 0.224 e. The Morgan fingerprint density at radius 2 is 2.31 bits per heavy atom. The van der Waals surface area contributed by atoms with Crippen LogP contribution in [-0.2, 0) is 6.54 Å². The third kappa shape index (κ3) is 2.78. The Balaban J connectivity index is 2.02. The van der Waals surface area contributed by atoms with Crippen molar-refractivity contribution in [2.75, 3.05) is 5.32 Å². The van der Waals surface area contributed by atoms with Crippen LogP contribution in [0, 0.1) is 11.3 Å². The summed E-state index contributed by atoms with van der Waals surface area (Å²) < 4.78 is 1.09. The second kappa shape index (κ2) is 5.05. The number of aromatic nitrogens is 2. The fourth-order valence-electron chi connectivity index (χ4n) is 1.12. The first-order valence-corrected chi connectivity index (χ1v) is 6.10. The number of halogens is 1. The molecule has 0 aliphatic heterocycles. The van der Waals surface area contributed by atoms with Crippen LogP contribution in [-0.4, -0.2) is 9.97 Å². The van der Waals surface area contributed by atoms with Crippen molar-refractivity contribution >= 4 is 33.2 Å². The number of nitrogens with one attached hydrogen (secondary N) is 1. The van der Waals surface area contributed by atoms with Gasteiger partial charge in [-0.05, 0) is 34.1 Å². The highest BCUT2D eigenvalue weighted by molar-refractivity contribution is 9.11. The molecule has 80 valence electrons. The lowest BCUT2D eigenvalue weighted by atomic mass is 10.4. The minimum Gasteiger partial charge on any atom is -0.349 e. The quantitative estimate of drug-likeness (QED) is 0.945. The molecule has 16 heavy (non-hydrogen) atoms. The lowest BCUT2D eigenvalue weighted by Crippen LogP contribution is -2.02. The molecule has 0 bridgehead atoms. The molecule has 0 spiro atoms. The summed E-state index contributed by atoms with van der Waals surface area (Å²) >= 11 is 5.05. The van der Waals surface area contributed by atoms with Gasteiger partial charge in [0.05, 0.1) is 10.3 Å². The number of rotatable bonds is 3. The molecule has 0 amide bonds. The maximum absolute atomic E-state index is 8.68. The maximum Gasteiger partial charge on any atom is 0.224 e. The van der Waals surface area contributed by atoms with Crippen LogP contribution in [0.3, 0.4) is 0 Å². The zero-order chi connectivity index (χ0) is 11.4. The van der Waals surface area contributed by atoms with Crippen molar-refractivity contribution in [3.63, 3.8) is 0 Å². The lowest BCUT2D eigenvalue weighted by Gasteiger charge is -2.01. The Morgan fingerprint density at radius 1 is 1.44 bits per heavy atom. The number of nitriles is 1. The van der Waals surface area contributed by atoms with Crippen LogP contribution >= 0.6 is 27.3 Å². The van der Waals surface area contributed by atoms with Gasteiger partial charge in [0, 0.05) is 11.1 Å². The summed E-state index contributed by atoms with van der Waals surface area (Å²) in [5.74, 6) is 0.476. The number of nitrogens with zero attached hydrogens (tertiary/aromatic N) is 3. The van der Waals surface area contributed by atoms with Crippen LogP contribution in [0.2, 0.25) is 0 Å². The summed E-state index contributed by atoms with van der Waals surface area (Å²) in [6.45, 7) is 0.658. The molecule has 0 aromatic carbocycles. The molecular formula is C10H7BrN4S. The summed E-state index contributed by atoms with van der Waals surface area (Å²) in [6.07, 6.45) is 1.57. The molecule has 1 N–H and O–H groups in total. The molecule has 0 saturated carbocycles. The number of hydrogen-bond acceptors (Lipinski definition) is 5. The summed E-state index contributed by atoms with van der Waals surface area (Å²) in [5.41, 5.74) is 0.366. The molecule has 0 atom stereocenters. The predicted octanol–water partition coefficient (Wildman–Crippen LogP) is 2.78. The number of hydrogen-bond donors (Lipinski definition) is 1. The molecule has 2 rings (SSSR count). The van der Waals surface area contributed by atoms with Gasteiger partial charge in [-0.3, -0.25) is 0 Å². The first-order chi connectivity index (χ1) is 7.78. The second-order valence-corrected chi connectivity index (χ2v) is 5.48. The Hall–Kier alpha value is -1.45. The van der Waals surface area contributed by atoms with E-state index in [1.165, 1.54) is 4.88 Å². The zero-order valence-electron chi connectivity index (χ0n) is 8.14. The Kier molecular flexibility index (Phi) is 3.49. The Morgan fingerprint density at radius 3 is 3.00 bits per heavy atom. The van der Waals surface area contributed by atoms with E-state index in [0.29, 0.717) is 18.2 Å². The molecule has 0 radical (unpaired) electrons. The lowest BCUT2D eigenvalue weighted by molar-refractivity contribution is 1.06. The van der Waals surface area contributed by atoms with Crippen LogP contribution in [0.5, 0.6) is 0 Å². The van der Waals surface area contributed by atoms with Crippen LogP contribution < -0.4 is 5.32 Å². The molecule has 0 aliphatic rings. The minimum absolute atomic E-state index is 0.366. The van der Waals surface area contributed by atoms with Crippen molar-refractivity contribution in [2.24, 2.45) is 0 Å². The normalized spacial score (nSPS) is 9.75. The summed E-state index contributed by atoms with van der Waals surface area (Å²) in [6, 6.07) is 7.57. The predicted molar refractivity (Wildman–Crippen MR) is 66.1 cm³/mol. The van der Waals surface area contributed by atoms with Crippen LogP contribution in [0.4, 0.5) is 5.95 Å². The first-order valence-electron chi connectivity index (χ1n) is 4.49. The second-order valence-electron chi connectivity index (χ2n) is 2.94. The van der Waals surface area contributed by atoms with Gasteiger partial charge in [-0.2, -0.15) is 5.26 Å². The molecule has 0 fully saturated rings. The highest BCUT2D eigenvalue weighted by atomic mass is 79.9. The molecule has 0 unspecified atom stereocenters. The highest BCUT2D eigenvalue weighted by Crippen LogP contribution is 2.22. The van der Waals surface area contributed by atoms with Crippen LogP contribution in [0.1, 0.15) is 10.6 Å². The van der Waals surface area contributed by atoms with Gasteiger partial charge in [0.2, 0.25) is 5.95 Å². The van der Waals surface area contributed by atoms with E-state index in [0.717, 1.165) is 3.79 Å². The van der Waals surface area contributed by atoms with Crippen molar-refractivity contribution in [2.45, 2.75) is 6.54 Å². The van der Waals surface area contributed by atoms with Crippen molar-refractivity contribution in [1.82, 2.24) is 9.97 Å². The van der Waals surface area contributed by atoms with Crippen molar-refractivity contribution in [3.05, 3.63) is 38.8 Å². The molecule has 6 heteroatoms. The third-order valence-corrected chi connectivity index (χ3v) is 3.44. The SMILES string of the molecule is N#Cc1ccnc(NCc2ccc(Br)s2)n1. The summed E-state index contributed by atoms with van der Waals surface area (Å²) in [7, 11) is 0. The molecular weight excluding hydrogens is 288 g/mol. The molecule has 4 nitrogen and oxygen atoms in total. The first kappa shape index (κ1) is 11.0. The van der Waals surface area contributed by atoms with Gasteiger partial charge in [0.1, 0.15) is 11.8 Å². The average Bonchev–Trinajstić information content (AvgIpc) is 2.73. The number of anilines is 1. The number of thiophene rings is 1. The van der Waals surface area contributed by atoms with Gasteiger partial charge in [-0.1, -0.05) is 0 Å². The summed E-state index contributed by atoms with van der Waals surface area (Å²) in [5, 5.41) is 11.7. The van der Waals surface area contributed by atoms with E-state index in [9.17, 15) is 0 Å². The monoisotopic (exact) mass is 294 g/mol. The van der Waals surface area contributed by atoms with E-state index in [-0.39, 0.29) is 0 Å². The standard InChI is InChI=1S/C10H7BrN4S/c11-9-2-1-8(16-9)6-14-10-13-4-3-7(5-12)15-10/h1-4H,6H2,(H,13,14,15). The van der Waals surface area contributed by atoms with Crippen molar-refractivity contribution in [3.8, 4) is 6.07 Å². The van der Waals surface area contributed by atoms with Crippen molar-refractivity contribution in [1.29, 1.82) is 5.26 Å². The summed E-state index contributed by atoms with van der Waals surface area (Å²) in [4.78, 5) is 9.23. The molecule has 0 aliphatic carbocycles. The van der Waals surface area contributed by atoms with E-state index in [1.54, 1.807) is 23.6 Å². The van der Waals surface area contributed by atoms with E-state index < -0.39 is 0 Å². The Labute approximate surface area is 105 Å². The maximum atomic E-state index is 8.68. The highest BCUT2D eigenvalue weighted by Gasteiger charge is 2.00. The van der Waals surface area contributed by atoms with E-state index in [1.807, 2.05) is 18.2 Å². The van der Waals surface area contributed by atoms with Gasteiger partial charge >= 0.3 is 0 Å². The third-order valence-electron chi connectivity index (χ3n) is 1.82. The van der Waals surface area contributed by atoms with Crippen LogP contribution in [0.25, 0.3) is 0 Å². The van der Waals surface area contributed by atoms with Crippen molar-refractivity contribution < 1.29 is 0 Å². The largest absolute Gasteiger partial charge is 0.349 e. The van der Waals surface area contributed by atoms with E-state index in [2.05, 4.69) is 31.2 Å². The minimum atomic E-state index is 0.366. The van der Waals surface area contributed by atoms with E-state index in [4.69, 9.17) is 5.26 Å². The van der Waals surface area contributed by atoms with Gasteiger partial charge in [0.25, 0.3) is 0 Å². The average molecular weight is 295 g/mol. The fraction of sp³-hybridized carbons (Fsp3) is 0.100. The Bertz CT molecular complexity index is 532. The van der Waals surface area contributed by atoms with Crippen LogP contribution in [0.15, 0.2) is 28.2 Å². The fourth-order valence-corrected chi connectivity index (χ4v) is 2.54. The van der Waals surface area contributed by atoms with Gasteiger partial charge < -0.3 is 5.32 Å². The molecule has 2 aromatic heterocycles. The van der Waals surface area contributed by atoms with Gasteiger partial charge in [-0.15, -0.1) is 11.3 Å². The van der Waals surface area contributed by atoms with Gasteiger partial charge in [-0.25, -0.2) is 9.97 Å².